The fraction of sp³-hybridized carbons (Fsp3) is 0.375. The molecule has 1 saturated heterocycles. The highest BCUT2D eigenvalue weighted by Crippen LogP contribution is 2.19. The van der Waals surface area contributed by atoms with Crippen LogP contribution < -0.4 is 15.8 Å². The van der Waals surface area contributed by atoms with Crippen LogP contribution in [0.3, 0.4) is 0 Å². The molecule has 0 aromatic carbocycles. The lowest BCUT2D eigenvalue weighted by Gasteiger charge is -2.32. The number of hydrogen-bond acceptors (Lipinski definition) is 5. The maximum Gasteiger partial charge on any atom is 0.252 e. The van der Waals surface area contributed by atoms with Gasteiger partial charge in [-0.3, -0.25) is 9.59 Å². The molecular weight excluding hydrogens is 294 g/mol. The van der Waals surface area contributed by atoms with E-state index in [4.69, 9.17) is 0 Å². The van der Waals surface area contributed by atoms with Crippen LogP contribution in [0.5, 0.6) is 0 Å². The molecule has 1 aliphatic rings. The molecule has 1 aliphatic heterocycles. The summed E-state index contributed by atoms with van der Waals surface area (Å²) in [6, 6.07) is 4.68. The highest BCUT2D eigenvalue weighted by Gasteiger charge is 2.22. The molecular formula is C16H19N5O2. The Kier molecular flexibility index (Phi) is 4.65. The van der Waals surface area contributed by atoms with Crippen LogP contribution in [0.4, 0.5) is 5.95 Å². The van der Waals surface area contributed by atoms with Crippen LogP contribution >= 0.6 is 0 Å². The van der Waals surface area contributed by atoms with E-state index in [-0.39, 0.29) is 11.5 Å². The third-order valence-corrected chi connectivity index (χ3v) is 3.95. The van der Waals surface area contributed by atoms with E-state index in [2.05, 4.69) is 25.2 Å². The van der Waals surface area contributed by atoms with E-state index in [9.17, 15) is 9.59 Å². The molecule has 2 aromatic rings. The molecule has 1 fully saturated rings. The second-order valence-corrected chi connectivity index (χ2v) is 5.65. The SMILES string of the molecule is O=C(NC[C@@H]1CCCN(c2ncccn2)C1)c1ccc(=O)[nH]c1. The van der Waals surface area contributed by atoms with Crippen molar-refractivity contribution in [2.45, 2.75) is 12.8 Å². The normalized spacial score (nSPS) is 17.7. The van der Waals surface area contributed by atoms with Crippen LogP contribution in [0.2, 0.25) is 0 Å². The lowest BCUT2D eigenvalue weighted by molar-refractivity contribution is 0.0945. The zero-order chi connectivity index (χ0) is 16.1. The Hall–Kier alpha value is -2.70. The number of aromatic nitrogens is 3. The number of hydrogen-bond donors (Lipinski definition) is 2. The van der Waals surface area contributed by atoms with Gasteiger partial charge in [-0.1, -0.05) is 0 Å². The van der Waals surface area contributed by atoms with Gasteiger partial charge in [-0.05, 0) is 30.9 Å². The van der Waals surface area contributed by atoms with Gasteiger partial charge in [-0.15, -0.1) is 0 Å². The van der Waals surface area contributed by atoms with Gasteiger partial charge in [0.1, 0.15) is 0 Å². The Balaban J connectivity index is 1.55. The van der Waals surface area contributed by atoms with Crippen molar-refractivity contribution in [3.8, 4) is 0 Å². The number of rotatable bonds is 4. The Bertz CT molecular complexity index is 695. The van der Waals surface area contributed by atoms with Crippen molar-refractivity contribution in [2.75, 3.05) is 24.5 Å². The van der Waals surface area contributed by atoms with Gasteiger partial charge in [0.25, 0.3) is 5.91 Å². The van der Waals surface area contributed by atoms with Gasteiger partial charge in [0, 0.05) is 44.3 Å². The first kappa shape index (κ1) is 15.2. The molecule has 2 N–H and O–H groups in total. The van der Waals surface area contributed by atoms with Gasteiger partial charge in [0.05, 0.1) is 5.56 Å². The average molecular weight is 313 g/mol. The van der Waals surface area contributed by atoms with E-state index in [1.807, 2.05) is 0 Å². The van der Waals surface area contributed by atoms with Gasteiger partial charge in [0.2, 0.25) is 11.5 Å². The largest absolute Gasteiger partial charge is 0.352 e. The van der Waals surface area contributed by atoms with Gasteiger partial charge >= 0.3 is 0 Å². The minimum Gasteiger partial charge on any atom is -0.352 e. The minimum absolute atomic E-state index is 0.172. The molecule has 0 unspecified atom stereocenters. The summed E-state index contributed by atoms with van der Waals surface area (Å²) < 4.78 is 0. The van der Waals surface area contributed by atoms with Crippen molar-refractivity contribution in [2.24, 2.45) is 5.92 Å². The molecule has 0 radical (unpaired) electrons. The third-order valence-electron chi connectivity index (χ3n) is 3.95. The van der Waals surface area contributed by atoms with Crippen molar-refractivity contribution in [1.29, 1.82) is 0 Å². The number of nitrogens with one attached hydrogen (secondary N) is 2. The Morgan fingerprint density at radius 3 is 2.91 bits per heavy atom. The molecule has 3 rings (SSSR count). The summed E-state index contributed by atoms with van der Waals surface area (Å²) in [4.78, 5) is 36.3. The molecule has 0 spiro atoms. The molecule has 0 saturated carbocycles. The van der Waals surface area contributed by atoms with E-state index >= 15 is 0 Å². The smallest absolute Gasteiger partial charge is 0.252 e. The van der Waals surface area contributed by atoms with Crippen molar-refractivity contribution >= 4 is 11.9 Å². The molecule has 0 aliphatic carbocycles. The molecule has 7 heteroatoms. The lowest BCUT2D eigenvalue weighted by atomic mass is 9.98. The highest BCUT2D eigenvalue weighted by molar-refractivity contribution is 5.93. The first-order valence-corrected chi connectivity index (χ1v) is 7.71. The van der Waals surface area contributed by atoms with Gasteiger partial charge in [-0.25, -0.2) is 9.97 Å². The van der Waals surface area contributed by atoms with Crippen molar-refractivity contribution in [3.05, 3.63) is 52.7 Å². The number of anilines is 1. The van der Waals surface area contributed by atoms with Gasteiger partial charge in [0.15, 0.2) is 0 Å². The molecule has 120 valence electrons. The number of pyridine rings is 1. The van der Waals surface area contributed by atoms with Crippen molar-refractivity contribution in [3.63, 3.8) is 0 Å². The summed E-state index contributed by atoms with van der Waals surface area (Å²) in [6.07, 6.45) is 7.03. The van der Waals surface area contributed by atoms with Crippen molar-refractivity contribution in [1.82, 2.24) is 20.3 Å². The maximum atomic E-state index is 12.1. The van der Waals surface area contributed by atoms with Crippen LogP contribution in [-0.4, -0.2) is 40.5 Å². The number of carbonyl (C=O) groups is 1. The molecule has 1 amide bonds. The van der Waals surface area contributed by atoms with Gasteiger partial charge in [-0.2, -0.15) is 0 Å². The highest BCUT2D eigenvalue weighted by atomic mass is 16.1. The minimum atomic E-state index is -0.215. The zero-order valence-corrected chi connectivity index (χ0v) is 12.7. The summed E-state index contributed by atoms with van der Waals surface area (Å²) in [7, 11) is 0. The van der Waals surface area contributed by atoms with Crippen LogP contribution in [-0.2, 0) is 0 Å². The van der Waals surface area contributed by atoms with E-state index in [0.717, 1.165) is 31.9 Å². The second kappa shape index (κ2) is 7.04. The first-order chi connectivity index (χ1) is 11.2. The molecule has 2 aromatic heterocycles. The number of amides is 1. The quantitative estimate of drug-likeness (QED) is 0.872. The summed E-state index contributed by atoms with van der Waals surface area (Å²) in [6.45, 7) is 2.37. The van der Waals surface area contributed by atoms with Crippen molar-refractivity contribution < 1.29 is 4.79 Å². The standard InChI is InChI=1S/C16H19N5O2/c22-14-5-4-13(10-19-14)15(23)20-9-12-3-1-8-21(11-12)16-17-6-2-7-18-16/h2,4-7,10,12H,1,3,8-9,11H2,(H,19,22)(H,20,23)/t12-/m0/s1. The molecule has 1 atom stereocenters. The van der Waals surface area contributed by atoms with Gasteiger partial charge < -0.3 is 15.2 Å². The molecule has 7 nitrogen and oxygen atoms in total. The average Bonchev–Trinajstić information content (AvgIpc) is 2.61. The molecule has 23 heavy (non-hydrogen) atoms. The van der Waals surface area contributed by atoms with E-state index < -0.39 is 0 Å². The lowest BCUT2D eigenvalue weighted by Crippen LogP contribution is -2.41. The second-order valence-electron chi connectivity index (χ2n) is 5.65. The van der Waals surface area contributed by atoms with E-state index in [1.54, 1.807) is 18.5 Å². The summed E-state index contributed by atoms with van der Waals surface area (Å²) in [5, 5.41) is 2.93. The topological polar surface area (TPSA) is 91.0 Å². The maximum absolute atomic E-state index is 12.1. The fourth-order valence-electron chi connectivity index (χ4n) is 2.76. The number of nitrogens with zero attached hydrogens (tertiary/aromatic N) is 3. The zero-order valence-electron chi connectivity index (χ0n) is 12.7. The van der Waals surface area contributed by atoms with Crippen LogP contribution in [0.1, 0.15) is 23.2 Å². The van der Waals surface area contributed by atoms with Crippen LogP contribution in [0.25, 0.3) is 0 Å². The Morgan fingerprint density at radius 1 is 1.35 bits per heavy atom. The summed E-state index contributed by atoms with van der Waals surface area (Å²) in [5.41, 5.74) is 0.246. The summed E-state index contributed by atoms with van der Waals surface area (Å²) >= 11 is 0. The Morgan fingerprint density at radius 2 is 2.17 bits per heavy atom. The summed E-state index contributed by atoms with van der Waals surface area (Å²) in [5.74, 6) is 0.928. The van der Waals surface area contributed by atoms with E-state index in [1.165, 1.54) is 18.3 Å². The number of piperidine rings is 1. The third kappa shape index (κ3) is 3.94. The fourth-order valence-corrected chi connectivity index (χ4v) is 2.76. The predicted octanol–water partition coefficient (Wildman–Crippen LogP) is 0.811. The van der Waals surface area contributed by atoms with E-state index in [0.29, 0.717) is 18.0 Å². The predicted molar refractivity (Wildman–Crippen MR) is 86.4 cm³/mol. The van der Waals surface area contributed by atoms with Crippen LogP contribution in [0.15, 0.2) is 41.6 Å². The monoisotopic (exact) mass is 313 g/mol. The van der Waals surface area contributed by atoms with Crippen LogP contribution in [0, 0.1) is 5.92 Å². The molecule has 3 heterocycles. The first-order valence-electron chi connectivity index (χ1n) is 7.71. The number of aromatic amines is 1. The number of H-pyrrole nitrogens is 1. The Labute approximate surface area is 133 Å². The number of carbonyl (C=O) groups excluding carboxylic acids is 1. The molecule has 0 bridgehead atoms.